The van der Waals surface area contributed by atoms with Gasteiger partial charge in [-0.3, -0.25) is 9.36 Å². The molecule has 0 fully saturated rings. The minimum Gasteiger partial charge on any atom is -0.496 e. The third-order valence-corrected chi connectivity index (χ3v) is 6.09. The van der Waals surface area contributed by atoms with Gasteiger partial charge in [0, 0.05) is 17.5 Å². The highest BCUT2D eigenvalue weighted by Gasteiger charge is 2.71. The number of nitrogens with zero attached hydrogens (tertiary/aromatic N) is 2. The molecule has 0 bridgehead atoms. The summed E-state index contributed by atoms with van der Waals surface area (Å²) in [4.78, 5) is 18.3. The summed E-state index contributed by atoms with van der Waals surface area (Å²) in [7, 11) is 1.39. The molecule has 0 spiro atoms. The van der Waals surface area contributed by atoms with Crippen LogP contribution < -0.4 is 10.3 Å². The Morgan fingerprint density at radius 3 is 2.16 bits per heavy atom. The highest BCUT2D eigenvalue weighted by atomic mass is 19.4. The van der Waals surface area contributed by atoms with Crippen LogP contribution in [0.2, 0.25) is 0 Å². The van der Waals surface area contributed by atoms with Gasteiger partial charge in [-0.05, 0) is 36.8 Å². The molecule has 0 amide bonds. The number of rotatable bonds is 5. The van der Waals surface area contributed by atoms with E-state index in [0.29, 0.717) is 29.0 Å². The summed E-state index contributed by atoms with van der Waals surface area (Å²) in [6.45, 7) is 1.59. The Kier molecular flexibility index (Phi) is 6.53. The van der Waals surface area contributed by atoms with Gasteiger partial charge < -0.3 is 9.84 Å². The molecule has 4 rings (SSSR count). The van der Waals surface area contributed by atoms with E-state index in [0.717, 1.165) is 10.6 Å². The summed E-state index contributed by atoms with van der Waals surface area (Å²) >= 11 is 0. The molecule has 1 aromatic heterocycles. The molecule has 1 N–H and O–H groups in total. The predicted octanol–water partition coefficient (Wildman–Crippen LogP) is 5.61. The summed E-state index contributed by atoms with van der Waals surface area (Å²) in [5, 5.41) is 10.0. The molecule has 3 aromatic carbocycles. The third kappa shape index (κ3) is 4.43. The molecule has 1 heterocycles. The van der Waals surface area contributed by atoms with Crippen molar-refractivity contribution in [3.8, 4) is 11.4 Å². The first kappa shape index (κ1) is 26.2. The quantitative estimate of drug-likeness (QED) is 0.347. The normalized spacial score (nSPS) is 12.7. The van der Waals surface area contributed by atoms with Crippen LogP contribution in [0.5, 0.6) is 5.75 Å². The standard InChI is InChI=1S/C26H20F6N2O3/c1-15-20(37-2)12-11-19-22(15)23(35)34(21(33-19)13-16-7-4-3-5-8-16)18-10-6-9-17(14-18)24(36,25(27,28)29)26(30,31)32/h3-12,14,36H,13H2,1-2H3. The summed E-state index contributed by atoms with van der Waals surface area (Å²) in [6, 6.07) is 15.0. The van der Waals surface area contributed by atoms with E-state index in [1.807, 2.05) is 0 Å². The van der Waals surface area contributed by atoms with E-state index < -0.39 is 29.1 Å². The number of hydrogen-bond acceptors (Lipinski definition) is 4. The van der Waals surface area contributed by atoms with Crippen LogP contribution in [0.3, 0.4) is 0 Å². The molecule has 0 aliphatic rings. The van der Waals surface area contributed by atoms with Crippen molar-refractivity contribution in [1.29, 1.82) is 0 Å². The van der Waals surface area contributed by atoms with E-state index in [-0.39, 0.29) is 28.8 Å². The van der Waals surface area contributed by atoms with Gasteiger partial charge in [-0.25, -0.2) is 4.98 Å². The largest absolute Gasteiger partial charge is 0.496 e. The van der Waals surface area contributed by atoms with Crippen molar-refractivity contribution in [3.63, 3.8) is 0 Å². The average molecular weight is 522 g/mol. The van der Waals surface area contributed by atoms with Gasteiger partial charge in [0.25, 0.3) is 11.2 Å². The molecular weight excluding hydrogens is 502 g/mol. The number of ether oxygens (including phenoxy) is 1. The number of methoxy groups -OCH3 is 1. The average Bonchev–Trinajstić information content (AvgIpc) is 2.83. The van der Waals surface area contributed by atoms with Crippen molar-refractivity contribution in [1.82, 2.24) is 9.55 Å². The van der Waals surface area contributed by atoms with Gasteiger partial charge in [0.2, 0.25) is 0 Å². The number of fused-ring (bicyclic) bond motifs is 1. The SMILES string of the molecule is COc1ccc2nc(Cc3ccccc3)n(-c3cccc(C(O)(C(F)(F)F)C(F)(F)F)c3)c(=O)c2c1C. The zero-order chi connectivity index (χ0) is 27.2. The summed E-state index contributed by atoms with van der Waals surface area (Å²) in [6.07, 6.45) is -12.1. The smallest absolute Gasteiger partial charge is 0.430 e. The van der Waals surface area contributed by atoms with E-state index in [1.165, 1.54) is 13.2 Å². The zero-order valence-corrected chi connectivity index (χ0v) is 19.5. The van der Waals surface area contributed by atoms with Gasteiger partial charge in [0.1, 0.15) is 11.6 Å². The zero-order valence-electron chi connectivity index (χ0n) is 19.5. The fourth-order valence-electron chi connectivity index (χ4n) is 4.20. The van der Waals surface area contributed by atoms with E-state index >= 15 is 0 Å². The van der Waals surface area contributed by atoms with Crippen molar-refractivity contribution in [3.05, 3.63) is 99.6 Å². The number of hydrogen-bond donors (Lipinski definition) is 1. The Balaban J connectivity index is 2.04. The van der Waals surface area contributed by atoms with Gasteiger partial charge >= 0.3 is 12.4 Å². The molecule has 0 atom stereocenters. The third-order valence-electron chi connectivity index (χ3n) is 6.09. The Bertz CT molecular complexity index is 1500. The first-order chi connectivity index (χ1) is 17.3. The van der Waals surface area contributed by atoms with Crippen molar-refractivity contribution >= 4 is 10.9 Å². The van der Waals surface area contributed by atoms with Crippen molar-refractivity contribution in [2.75, 3.05) is 7.11 Å². The molecule has 4 aromatic rings. The predicted molar refractivity (Wildman–Crippen MR) is 124 cm³/mol. The summed E-state index contributed by atoms with van der Waals surface area (Å²) < 4.78 is 87.5. The van der Waals surface area contributed by atoms with Gasteiger partial charge in [0.05, 0.1) is 23.7 Å². The molecule has 0 radical (unpaired) electrons. The lowest BCUT2D eigenvalue weighted by molar-refractivity contribution is -0.376. The highest BCUT2D eigenvalue weighted by Crippen LogP contribution is 2.50. The number of aliphatic hydroxyl groups is 1. The van der Waals surface area contributed by atoms with Crippen LogP contribution in [0.4, 0.5) is 26.3 Å². The fourth-order valence-corrected chi connectivity index (χ4v) is 4.20. The van der Waals surface area contributed by atoms with Gasteiger partial charge in [-0.2, -0.15) is 26.3 Å². The second-order valence-corrected chi connectivity index (χ2v) is 8.37. The van der Waals surface area contributed by atoms with Crippen LogP contribution in [0.1, 0.15) is 22.5 Å². The molecule has 0 unspecified atom stereocenters. The lowest BCUT2D eigenvalue weighted by Gasteiger charge is -2.33. The molecule has 0 saturated carbocycles. The van der Waals surface area contributed by atoms with E-state index in [1.54, 1.807) is 49.4 Å². The van der Waals surface area contributed by atoms with Crippen molar-refractivity contribution in [2.45, 2.75) is 31.3 Å². The monoisotopic (exact) mass is 522 g/mol. The van der Waals surface area contributed by atoms with Gasteiger partial charge in [-0.1, -0.05) is 42.5 Å². The lowest BCUT2D eigenvalue weighted by Crippen LogP contribution is -2.54. The molecule has 11 heteroatoms. The lowest BCUT2D eigenvalue weighted by atomic mass is 9.92. The Morgan fingerprint density at radius 1 is 0.919 bits per heavy atom. The molecular formula is C26H20F6N2O3. The summed E-state index contributed by atoms with van der Waals surface area (Å²) in [5.74, 6) is 0.430. The van der Waals surface area contributed by atoms with E-state index in [4.69, 9.17) is 4.74 Å². The van der Waals surface area contributed by atoms with Crippen molar-refractivity contribution < 1.29 is 36.2 Å². The minimum atomic E-state index is -6.08. The maximum Gasteiger partial charge on any atom is 0.430 e. The molecule has 37 heavy (non-hydrogen) atoms. The second-order valence-electron chi connectivity index (χ2n) is 8.37. The Hall–Kier alpha value is -3.86. The minimum absolute atomic E-state index is 0.0458. The molecule has 5 nitrogen and oxygen atoms in total. The Morgan fingerprint density at radius 2 is 1.57 bits per heavy atom. The number of aromatic nitrogens is 2. The number of aryl methyl sites for hydroxylation is 1. The fraction of sp³-hybridized carbons (Fsp3) is 0.231. The first-order valence-corrected chi connectivity index (χ1v) is 10.9. The number of benzene rings is 3. The number of alkyl halides is 6. The topological polar surface area (TPSA) is 64.3 Å². The van der Waals surface area contributed by atoms with Crippen LogP contribution in [-0.2, 0) is 12.0 Å². The Labute approximate surface area is 206 Å². The molecule has 194 valence electrons. The van der Waals surface area contributed by atoms with E-state index in [9.17, 15) is 36.2 Å². The molecule has 0 aliphatic heterocycles. The van der Waals surface area contributed by atoms with Crippen molar-refractivity contribution in [2.24, 2.45) is 0 Å². The van der Waals surface area contributed by atoms with Crippen LogP contribution in [-0.4, -0.2) is 34.1 Å². The first-order valence-electron chi connectivity index (χ1n) is 10.9. The maximum absolute atomic E-state index is 13.7. The maximum atomic E-state index is 13.7. The van der Waals surface area contributed by atoms with Crippen LogP contribution in [0.25, 0.3) is 16.6 Å². The van der Waals surface area contributed by atoms with Gasteiger partial charge in [0.15, 0.2) is 0 Å². The van der Waals surface area contributed by atoms with E-state index in [2.05, 4.69) is 4.98 Å². The van der Waals surface area contributed by atoms with Gasteiger partial charge in [-0.15, -0.1) is 0 Å². The second kappa shape index (κ2) is 9.22. The molecule has 0 aliphatic carbocycles. The van der Waals surface area contributed by atoms with Crippen LogP contribution in [0.15, 0.2) is 71.5 Å². The number of halogens is 6. The summed E-state index contributed by atoms with van der Waals surface area (Å²) in [5.41, 5.74) is -6.29. The highest BCUT2D eigenvalue weighted by molar-refractivity contribution is 5.84. The van der Waals surface area contributed by atoms with Crippen LogP contribution in [0, 0.1) is 6.92 Å². The van der Waals surface area contributed by atoms with Crippen LogP contribution >= 0.6 is 0 Å². The molecule has 0 saturated heterocycles.